The third kappa shape index (κ3) is 14.1. The molecule has 1 N–H and O–H groups in total. The van der Waals surface area contributed by atoms with Gasteiger partial charge in [-0.1, -0.05) is 103 Å². The van der Waals surface area contributed by atoms with Gasteiger partial charge in [0.25, 0.3) is 5.91 Å². The van der Waals surface area contributed by atoms with Crippen molar-refractivity contribution in [2.75, 3.05) is 24.9 Å². The van der Waals surface area contributed by atoms with Crippen LogP contribution in [0.3, 0.4) is 0 Å². The molecule has 1 amide bonds. The molecule has 228 valence electrons. The number of rotatable bonds is 21. The van der Waals surface area contributed by atoms with Crippen molar-refractivity contribution >= 4 is 40.3 Å². The van der Waals surface area contributed by atoms with Crippen molar-refractivity contribution in [2.24, 2.45) is 0 Å². The molecule has 2 aromatic carbocycles. The van der Waals surface area contributed by atoms with E-state index < -0.39 is 0 Å². The molecule has 0 saturated heterocycles. The molecule has 7 heteroatoms. The number of benzene rings is 2. The normalized spacial score (nSPS) is 12.3. The van der Waals surface area contributed by atoms with E-state index in [1.807, 2.05) is 42.5 Å². The largest absolute Gasteiger partial charge is 0.493 e. The molecule has 5 nitrogen and oxygen atoms in total. The molecule has 0 fully saturated rings. The van der Waals surface area contributed by atoms with Crippen LogP contribution in [0.15, 0.2) is 54.1 Å². The first-order valence-corrected chi connectivity index (χ1v) is 16.5. The minimum Gasteiger partial charge on any atom is -0.493 e. The average Bonchev–Trinajstić information content (AvgIpc) is 3.49. The highest BCUT2D eigenvalue weighted by Crippen LogP contribution is 2.31. The Hall–Kier alpha value is -2.12. The highest BCUT2D eigenvalue weighted by Gasteiger charge is 2.11. The lowest BCUT2D eigenvalue weighted by molar-refractivity contribution is 0.102. The Morgan fingerprint density at radius 3 is 2.00 bits per heavy atom. The Bertz CT molecular complexity index is 1020. The molecule has 0 atom stereocenters. The van der Waals surface area contributed by atoms with E-state index in [0.717, 1.165) is 18.8 Å². The number of unbranched alkanes of at least 4 members (excludes halogenated alkanes) is 13. The minimum absolute atomic E-state index is 0. The first-order valence-electron chi connectivity index (χ1n) is 15.4. The van der Waals surface area contributed by atoms with Crippen molar-refractivity contribution < 1.29 is 14.3 Å². The highest BCUT2D eigenvalue weighted by atomic mass is 79.9. The van der Waals surface area contributed by atoms with Crippen molar-refractivity contribution in [1.29, 1.82) is 0 Å². The van der Waals surface area contributed by atoms with Gasteiger partial charge in [-0.05, 0) is 41.7 Å². The summed E-state index contributed by atoms with van der Waals surface area (Å²) in [7, 11) is 1.63. The number of carbonyl (C=O) groups excluding carboxylic acids is 1. The summed E-state index contributed by atoms with van der Waals surface area (Å²) in [6.45, 7) is 3.81. The van der Waals surface area contributed by atoms with E-state index in [1.54, 1.807) is 18.9 Å². The number of nitrogens with one attached hydrogen (secondary N) is 1. The smallest absolute Gasteiger partial charge is 0.255 e. The Morgan fingerprint density at radius 2 is 1.44 bits per heavy atom. The maximum absolute atomic E-state index is 12.8. The van der Waals surface area contributed by atoms with E-state index in [9.17, 15) is 4.79 Å². The van der Waals surface area contributed by atoms with Crippen LogP contribution in [0.4, 0.5) is 5.69 Å². The van der Waals surface area contributed by atoms with Crippen LogP contribution in [0.2, 0.25) is 0 Å². The van der Waals surface area contributed by atoms with Gasteiger partial charge in [0.2, 0.25) is 0 Å². The van der Waals surface area contributed by atoms with E-state index >= 15 is 0 Å². The quantitative estimate of drug-likeness (QED) is 0.137. The number of hydrogen-bond acceptors (Lipinski definition) is 5. The van der Waals surface area contributed by atoms with Gasteiger partial charge in [-0.2, -0.15) is 0 Å². The third-order valence-corrected chi connectivity index (χ3v) is 8.18. The summed E-state index contributed by atoms with van der Waals surface area (Å²) in [5.41, 5.74) is 2.51. The molecular weight excluding hydrogens is 596 g/mol. The fourth-order valence-electron chi connectivity index (χ4n) is 4.95. The number of amides is 1. The fraction of sp³-hybridized carbons (Fsp3) is 0.559. The summed E-state index contributed by atoms with van der Waals surface area (Å²) in [5.74, 6) is 2.19. The lowest BCUT2D eigenvalue weighted by atomic mass is 10.0. The standard InChI is InChI=1S/C34H50N2O3S.BrH/c1-3-4-5-6-7-8-9-10-11-12-13-14-15-16-24-39-32-22-21-31(26-33(32)38-2)35-34(37)30-19-17-29(18-20-30)27-36-23-25-40-28-36;/h17-23,25-26H,3-16,24,27-28H2,1-2H3,(H,35,37);1H. The summed E-state index contributed by atoms with van der Waals surface area (Å²) >= 11 is 1.79. The van der Waals surface area contributed by atoms with Gasteiger partial charge >= 0.3 is 0 Å². The number of carbonyl (C=O) groups is 1. The molecule has 2 aromatic rings. The van der Waals surface area contributed by atoms with Crippen LogP contribution < -0.4 is 14.8 Å². The number of nitrogens with zero attached hydrogens (tertiary/aromatic N) is 1. The molecule has 0 spiro atoms. The highest BCUT2D eigenvalue weighted by molar-refractivity contribution is 8.93. The molecule has 1 aliphatic heterocycles. The monoisotopic (exact) mass is 646 g/mol. The van der Waals surface area contributed by atoms with Gasteiger partial charge in [0.05, 0.1) is 19.6 Å². The predicted molar refractivity (Wildman–Crippen MR) is 181 cm³/mol. The van der Waals surface area contributed by atoms with Gasteiger partial charge in [-0.15, -0.1) is 28.7 Å². The van der Waals surface area contributed by atoms with E-state index in [1.165, 1.54) is 89.0 Å². The number of thioether (sulfide) groups is 1. The minimum atomic E-state index is -0.138. The fourth-order valence-corrected chi connectivity index (χ4v) is 5.66. The second kappa shape index (κ2) is 21.6. The number of halogens is 1. The summed E-state index contributed by atoms with van der Waals surface area (Å²) in [4.78, 5) is 15.0. The Labute approximate surface area is 263 Å². The zero-order valence-electron chi connectivity index (χ0n) is 25.2. The maximum Gasteiger partial charge on any atom is 0.255 e. The summed E-state index contributed by atoms with van der Waals surface area (Å²) in [6.07, 6.45) is 20.9. The van der Waals surface area contributed by atoms with Crippen molar-refractivity contribution in [1.82, 2.24) is 4.90 Å². The second-order valence-electron chi connectivity index (χ2n) is 10.8. The van der Waals surface area contributed by atoms with Crippen LogP contribution in [0.5, 0.6) is 11.5 Å². The van der Waals surface area contributed by atoms with Crippen LogP contribution in [-0.4, -0.2) is 30.4 Å². The zero-order valence-corrected chi connectivity index (χ0v) is 27.7. The Balaban J connectivity index is 0.00000588. The summed E-state index contributed by atoms with van der Waals surface area (Å²) < 4.78 is 11.5. The predicted octanol–water partition coefficient (Wildman–Crippen LogP) is 10.4. The average molecular weight is 648 g/mol. The summed E-state index contributed by atoms with van der Waals surface area (Å²) in [5, 5.41) is 5.08. The van der Waals surface area contributed by atoms with Gasteiger partial charge in [0, 0.05) is 30.1 Å². The van der Waals surface area contributed by atoms with Crippen LogP contribution in [0.1, 0.15) is 113 Å². The number of methoxy groups -OCH3 is 1. The molecule has 0 aliphatic carbocycles. The number of ether oxygens (including phenoxy) is 2. The van der Waals surface area contributed by atoms with Gasteiger partial charge in [0.15, 0.2) is 11.5 Å². The first kappa shape index (κ1) is 35.1. The van der Waals surface area contributed by atoms with Gasteiger partial charge in [-0.25, -0.2) is 0 Å². The lowest BCUT2D eigenvalue weighted by Gasteiger charge is -2.15. The van der Waals surface area contributed by atoms with Crippen molar-refractivity contribution in [3.63, 3.8) is 0 Å². The van der Waals surface area contributed by atoms with Crippen LogP contribution >= 0.6 is 28.7 Å². The molecule has 1 heterocycles. The van der Waals surface area contributed by atoms with Crippen LogP contribution in [0, 0.1) is 0 Å². The molecule has 0 bridgehead atoms. The molecular formula is C34H51BrN2O3S. The molecule has 1 aliphatic rings. The van der Waals surface area contributed by atoms with E-state index in [2.05, 4.69) is 28.7 Å². The number of anilines is 1. The molecule has 0 aromatic heterocycles. The van der Waals surface area contributed by atoms with Crippen molar-refractivity contribution in [2.45, 2.75) is 103 Å². The lowest BCUT2D eigenvalue weighted by Crippen LogP contribution is -2.14. The molecule has 41 heavy (non-hydrogen) atoms. The molecule has 0 unspecified atom stereocenters. The number of hydrogen-bond donors (Lipinski definition) is 1. The second-order valence-corrected chi connectivity index (χ2v) is 11.7. The third-order valence-electron chi connectivity index (χ3n) is 7.39. The van der Waals surface area contributed by atoms with Gasteiger partial charge < -0.3 is 19.7 Å². The summed E-state index contributed by atoms with van der Waals surface area (Å²) in [6, 6.07) is 13.4. The van der Waals surface area contributed by atoms with Crippen LogP contribution in [-0.2, 0) is 6.54 Å². The van der Waals surface area contributed by atoms with E-state index in [0.29, 0.717) is 29.4 Å². The van der Waals surface area contributed by atoms with E-state index in [4.69, 9.17) is 9.47 Å². The van der Waals surface area contributed by atoms with Gasteiger partial charge in [-0.3, -0.25) is 4.79 Å². The topological polar surface area (TPSA) is 50.8 Å². The van der Waals surface area contributed by atoms with Crippen molar-refractivity contribution in [3.05, 3.63) is 65.2 Å². The molecule has 3 rings (SSSR count). The van der Waals surface area contributed by atoms with Crippen molar-refractivity contribution in [3.8, 4) is 11.5 Å². The SMILES string of the molecule is Br.CCCCCCCCCCCCCCCCOc1ccc(NC(=O)c2ccc(CN3C=CSC3)cc2)cc1OC. The van der Waals surface area contributed by atoms with Crippen LogP contribution in [0.25, 0.3) is 0 Å². The first-order chi connectivity index (χ1) is 19.7. The van der Waals surface area contributed by atoms with Gasteiger partial charge in [0.1, 0.15) is 0 Å². The Kier molecular flexibility index (Phi) is 18.4. The zero-order chi connectivity index (χ0) is 28.3. The molecule has 0 radical (unpaired) electrons. The Morgan fingerprint density at radius 1 is 0.829 bits per heavy atom. The maximum atomic E-state index is 12.8. The van der Waals surface area contributed by atoms with E-state index in [-0.39, 0.29) is 22.9 Å². The molecule has 0 saturated carbocycles.